The maximum atomic E-state index is 12.1. The van der Waals surface area contributed by atoms with Crippen LogP contribution in [0.4, 0.5) is 5.69 Å². The summed E-state index contributed by atoms with van der Waals surface area (Å²) in [5.74, 6) is -0.141. The fourth-order valence-electron chi connectivity index (χ4n) is 1.59. The molecule has 0 fully saturated rings. The van der Waals surface area contributed by atoms with Gasteiger partial charge in [0.05, 0.1) is 17.4 Å². The number of carbonyl (C=O) groups is 1. The minimum absolute atomic E-state index is 0.141. The molecule has 0 aliphatic carbocycles. The molecule has 1 aromatic carbocycles. The molecule has 1 N–H and O–H groups in total. The van der Waals surface area contributed by atoms with Gasteiger partial charge in [-0.3, -0.25) is 9.78 Å². The summed E-state index contributed by atoms with van der Waals surface area (Å²) < 4.78 is 0.793. The van der Waals surface area contributed by atoms with Crippen LogP contribution in [0.15, 0.2) is 41.1 Å². The van der Waals surface area contributed by atoms with Crippen molar-refractivity contribution in [3.8, 4) is 0 Å². The number of anilines is 1. The number of benzene rings is 1. The van der Waals surface area contributed by atoms with E-state index in [1.165, 1.54) is 0 Å². The molecule has 1 amide bonds. The number of carbonyl (C=O) groups excluding carboxylic acids is 1. The van der Waals surface area contributed by atoms with Gasteiger partial charge in [-0.2, -0.15) is 0 Å². The minimum Gasteiger partial charge on any atom is -0.320 e. The molecule has 0 unspecified atom stereocenters. The molecule has 0 aliphatic rings. The molecule has 0 aliphatic heterocycles. The van der Waals surface area contributed by atoms with Crippen molar-refractivity contribution in [2.24, 2.45) is 0 Å². The lowest BCUT2D eigenvalue weighted by atomic mass is 10.1. The smallest absolute Gasteiger partial charge is 0.256 e. The van der Waals surface area contributed by atoms with Gasteiger partial charge in [-0.1, -0.05) is 6.07 Å². The number of amides is 1. The fourth-order valence-corrected chi connectivity index (χ4v) is 2.26. The Hall–Kier alpha value is -1.68. The number of hydrogen-bond acceptors (Lipinski definition) is 2. The van der Waals surface area contributed by atoms with Crippen LogP contribution in [0.2, 0.25) is 0 Å². The summed E-state index contributed by atoms with van der Waals surface area (Å²) in [6.45, 7) is 3.92. The monoisotopic (exact) mass is 304 g/mol. The Morgan fingerprint density at radius 3 is 2.72 bits per heavy atom. The number of nitrogens with zero attached hydrogens (tertiary/aromatic N) is 1. The van der Waals surface area contributed by atoms with Gasteiger partial charge in [0.25, 0.3) is 5.91 Å². The Labute approximate surface area is 114 Å². The molecule has 92 valence electrons. The predicted molar refractivity (Wildman–Crippen MR) is 75.8 cm³/mol. The molecule has 2 aromatic rings. The third-order valence-electron chi connectivity index (χ3n) is 2.66. The molecule has 0 saturated carbocycles. The molecule has 0 spiro atoms. The van der Waals surface area contributed by atoms with Crippen LogP contribution in [0.25, 0.3) is 0 Å². The van der Waals surface area contributed by atoms with E-state index in [-0.39, 0.29) is 5.91 Å². The van der Waals surface area contributed by atoms with Crippen molar-refractivity contribution in [1.82, 2.24) is 4.98 Å². The predicted octanol–water partition coefficient (Wildman–Crippen LogP) is 3.71. The third-order valence-corrected chi connectivity index (χ3v) is 3.31. The average molecular weight is 305 g/mol. The maximum absolute atomic E-state index is 12.1. The summed E-state index contributed by atoms with van der Waals surface area (Å²) in [6, 6.07) is 7.50. The minimum atomic E-state index is -0.141. The summed E-state index contributed by atoms with van der Waals surface area (Å²) in [7, 11) is 0. The van der Waals surface area contributed by atoms with Gasteiger partial charge in [0, 0.05) is 10.7 Å². The SMILES string of the molecule is Cc1ccc(C(=O)Nc2cnccc2C)c(Br)c1. The van der Waals surface area contributed by atoms with Crippen molar-refractivity contribution in [3.63, 3.8) is 0 Å². The Kier molecular flexibility index (Phi) is 3.77. The molecule has 2 rings (SSSR count). The summed E-state index contributed by atoms with van der Waals surface area (Å²) in [5, 5.41) is 2.86. The zero-order chi connectivity index (χ0) is 13.1. The largest absolute Gasteiger partial charge is 0.320 e. The average Bonchev–Trinajstić information content (AvgIpc) is 2.32. The summed E-state index contributed by atoms with van der Waals surface area (Å²) in [5.41, 5.74) is 3.44. The molecule has 1 heterocycles. The van der Waals surface area contributed by atoms with Gasteiger partial charge >= 0.3 is 0 Å². The number of aryl methyl sites for hydroxylation is 2. The van der Waals surface area contributed by atoms with Crippen LogP contribution in [0.5, 0.6) is 0 Å². The first kappa shape index (κ1) is 12.8. The van der Waals surface area contributed by atoms with E-state index in [0.29, 0.717) is 5.56 Å². The van der Waals surface area contributed by atoms with Gasteiger partial charge in [0.15, 0.2) is 0 Å². The van der Waals surface area contributed by atoms with Crippen molar-refractivity contribution in [3.05, 3.63) is 57.8 Å². The number of aromatic nitrogens is 1. The molecule has 0 atom stereocenters. The number of pyridine rings is 1. The van der Waals surface area contributed by atoms with E-state index in [1.54, 1.807) is 18.5 Å². The summed E-state index contributed by atoms with van der Waals surface area (Å²) in [6.07, 6.45) is 3.35. The number of hydrogen-bond donors (Lipinski definition) is 1. The number of rotatable bonds is 2. The lowest BCUT2D eigenvalue weighted by Crippen LogP contribution is -2.13. The van der Waals surface area contributed by atoms with Crippen LogP contribution in [0, 0.1) is 13.8 Å². The fraction of sp³-hybridized carbons (Fsp3) is 0.143. The Balaban J connectivity index is 2.25. The highest BCUT2D eigenvalue weighted by molar-refractivity contribution is 9.10. The van der Waals surface area contributed by atoms with Crippen LogP contribution in [0.3, 0.4) is 0 Å². The molecular weight excluding hydrogens is 292 g/mol. The third kappa shape index (κ3) is 2.76. The zero-order valence-electron chi connectivity index (χ0n) is 10.2. The lowest BCUT2D eigenvalue weighted by Gasteiger charge is -2.09. The van der Waals surface area contributed by atoms with E-state index in [2.05, 4.69) is 26.2 Å². The first-order valence-electron chi connectivity index (χ1n) is 5.56. The van der Waals surface area contributed by atoms with Crippen LogP contribution in [-0.2, 0) is 0 Å². The molecule has 0 bridgehead atoms. The van der Waals surface area contributed by atoms with Crippen LogP contribution in [0.1, 0.15) is 21.5 Å². The van der Waals surface area contributed by atoms with E-state index in [9.17, 15) is 4.79 Å². The highest BCUT2D eigenvalue weighted by Crippen LogP contribution is 2.20. The molecule has 1 aromatic heterocycles. The second-order valence-corrected chi connectivity index (χ2v) is 4.98. The first-order valence-corrected chi connectivity index (χ1v) is 6.35. The molecule has 4 heteroatoms. The summed E-state index contributed by atoms with van der Waals surface area (Å²) >= 11 is 3.40. The molecule has 0 saturated heterocycles. The van der Waals surface area contributed by atoms with Crippen molar-refractivity contribution >= 4 is 27.5 Å². The first-order chi connectivity index (χ1) is 8.58. The quantitative estimate of drug-likeness (QED) is 0.919. The van der Waals surface area contributed by atoms with E-state index >= 15 is 0 Å². The lowest BCUT2D eigenvalue weighted by molar-refractivity contribution is 0.102. The standard InChI is InChI=1S/C14H13BrN2O/c1-9-3-4-11(12(15)7-9)14(18)17-13-8-16-6-5-10(13)2/h3-8H,1-2H3,(H,17,18). The highest BCUT2D eigenvalue weighted by Gasteiger charge is 2.11. The van der Waals surface area contributed by atoms with Crippen LogP contribution >= 0.6 is 15.9 Å². The van der Waals surface area contributed by atoms with Gasteiger partial charge in [-0.15, -0.1) is 0 Å². The van der Waals surface area contributed by atoms with Gasteiger partial charge in [-0.25, -0.2) is 0 Å². The second kappa shape index (κ2) is 5.31. The Morgan fingerprint density at radius 2 is 2.06 bits per heavy atom. The number of halogens is 1. The highest BCUT2D eigenvalue weighted by atomic mass is 79.9. The van der Waals surface area contributed by atoms with Gasteiger partial charge in [-0.05, 0) is 59.1 Å². The van der Waals surface area contributed by atoms with E-state index < -0.39 is 0 Å². The van der Waals surface area contributed by atoms with Gasteiger partial charge in [0.1, 0.15) is 0 Å². The van der Waals surface area contributed by atoms with Crippen LogP contribution in [-0.4, -0.2) is 10.9 Å². The molecule has 0 radical (unpaired) electrons. The Bertz CT molecular complexity index is 596. The summed E-state index contributed by atoms with van der Waals surface area (Å²) in [4.78, 5) is 16.1. The van der Waals surface area contributed by atoms with E-state index in [0.717, 1.165) is 21.3 Å². The molecule has 3 nitrogen and oxygen atoms in total. The van der Waals surface area contributed by atoms with Crippen molar-refractivity contribution in [1.29, 1.82) is 0 Å². The van der Waals surface area contributed by atoms with Crippen molar-refractivity contribution < 1.29 is 4.79 Å². The molecule has 18 heavy (non-hydrogen) atoms. The topological polar surface area (TPSA) is 42.0 Å². The normalized spacial score (nSPS) is 10.2. The van der Waals surface area contributed by atoms with E-state index in [4.69, 9.17) is 0 Å². The maximum Gasteiger partial charge on any atom is 0.256 e. The van der Waals surface area contributed by atoms with Crippen LogP contribution < -0.4 is 5.32 Å². The van der Waals surface area contributed by atoms with Crippen molar-refractivity contribution in [2.75, 3.05) is 5.32 Å². The molecular formula is C14H13BrN2O. The van der Waals surface area contributed by atoms with Crippen molar-refractivity contribution in [2.45, 2.75) is 13.8 Å². The Morgan fingerprint density at radius 1 is 1.28 bits per heavy atom. The van der Waals surface area contributed by atoms with E-state index in [1.807, 2.05) is 32.0 Å². The van der Waals surface area contributed by atoms with Gasteiger partial charge < -0.3 is 5.32 Å². The second-order valence-electron chi connectivity index (χ2n) is 4.13. The zero-order valence-corrected chi connectivity index (χ0v) is 11.8. The van der Waals surface area contributed by atoms with Gasteiger partial charge in [0.2, 0.25) is 0 Å². The number of nitrogens with one attached hydrogen (secondary N) is 1.